The largest absolute Gasteiger partial charge is 0.489 e. The molecule has 1 aromatic carbocycles. The van der Waals surface area contributed by atoms with Gasteiger partial charge in [0.15, 0.2) is 5.13 Å². The number of ether oxygens (including phenoxy) is 1. The molecular weight excluding hydrogens is 348 g/mol. The molecule has 3 aromatic rings. The van der Waals surface area contributed by atoms with Crippen LogP contribution in [0.5, 0.6) is 5.75 Å². The van der Waals surface area contributed by atoms with Crippen LogP contribution in [0.15, 0.2) is 36.5 Å². The average molecular weight is 372 g/mol. The van der Waals surface area contributed by atoms with Gasteiger partial charge in [-0.1, -0.05) is 30.6 Å². The fourth-order valence-electron chi connectivity index (χ4n) is 2.84. The Labute approximate surface area is 156 Å². The van der Waals surface area contributed by atoms with Crippen molar-refractivity contribution in [1.82, 2.24) is 9.97 Å². The zero-order valence-corrected chi connectivity index (χ0v) is 15.4. The molecule has 6 nitrogen and oxygen atoms in total. The first kappa shape index (κ1) is 18.4. The molecule has 5 N–H and O–H groups in total. The Balaban J connectivity index is 0.000000236. The number of nitrogens with two attached hydrogens (primary N) is 2. The predicted octanol–water partition coefficient (Wildman–Crippen LogP) is 3.75. The molecule has 1 aliphatic rings. The molecule has 2 heterocycles. The summed E-state index contributed by atoms with van der Waals surface area (Å²) in [5.41, 5.74) is 13.2. The Kier molecular flexibility index (Phi) is 6.25. The van der Waals surface area contributed by atoms with Gasteiger partial charge in [-0.2, -0.15) is 0 Å². The zero-order valence-electron chi connectivity index (χ0n) is 14.6. The van der Waals surface area contributed by atoms with Gasteiger partial charge >= 0.3 is 0 Å². The molecule has 1 fully saturated rings. The minimum absolute atomic E-state index is 0.0359. The molecule has 7 heteroatoms. The number of pyridine rings is 1. The number of nitrogen functional groups attached to an aromatic ring is 2. The lowest BCUT2D eigenvalue weighted by atomic mass is 9.98. The Hall–Kier alpha value is -2.38. The van der Waals surface area contributed by atoms with E-state index in [2.05, 4.69) is 9.97 Å². The van der Waals surface area contributed by atoms with Gasteiger partial charge in [0.2, 0.25) is 0 Å². The molecule has 2 aromatic heterocycles. The number of aliphatic hydroxyl groups excluding tert-OH is 1. The van der Waals surface area contributed by atoms with Crippen LogP contribution in [0.2, 0.25) is 0 Å². The summed E-state index contributed by atoms with van der Waals surface area (Å²) in [5.74, 6) is 1.28. The molecule has 0 unspecified atom stereocenters. The van der Waals surface area contributed by atoms with E-state index in [0.29, 0.717) is 17.6 Å². The van der Waals surface area contributed by atoms with Gasteiger partial charge in [-0.25, -0.2) is 9.97 Å². The summed E-state index contributed by atoms with van der Waals surface area (Å²) in [7, 11) is 0. The van der Waals surface area contributed by atoms with Crippen molar-refractivity contribution in [3.63, 3.8) is 0 Å². The molecule has 26 heavy (non-hydrogen) atoms. The molecular formula is C19H24N4O2S. The molecule has 138 valence electrons. The summed E-state index contributed by atoms with van der Waals surface area (Å²) in [6.45, 7) is 0.451. The number of aromatic nitrogens is 2. The number of hydrogen-bond donors (Lipinski definition) is 3. The van der Waals surface area contributed by atoms with Crippen molar-refractivity contribution in [2.24, 2.45) is 0 Å². The lowest BCUT2D eigenvalue weighted by Gasteiger charge is -2.14. The highest BCUT2D eigenvalue weighted by Crippen LogP contribution is 2.27. The molecule has 0 bridgehead atoms. The normalized spacial score (nSPS) is 14.7. The van der Waals surface area contributed by atoms with E-state index in [4.69, 9.17) is 21.3 Å². The van der Waals surface area contributed by atoms with Gasteiger partial charge in [0, 0.05) is 6.20 Å². The highest BCUT2D eigenvalue weighted by atomic mass is 32.1. The molecule has 4 rings (SSSR count). The van der Waals surface area contributed by atoms with Crippen LogP contribution in [0.4, 0.5) is 10.9 Å². The van der Waals surface area contributed by atoms with Crippen LogP contribution in [-0.4, -0.2) is 21.2 Å². The van der Waals surface area contributed by atoms with E-state index in [1.54, 1.807) is 12.3 Å². The summed E-state index contributed by atoms with van der Waals surface area (Å²) in [4.78, 5) is 8.14. The Morgan fingerprint density at radius 3 is 2.62 bits per heavy atom. The van der Waals surface area contributed by atoms with Crippen LogP contribution in [-0.2, 0) is 6.61 Å². The Bertz CT molecular complexity index is 846. The van der Waals surface area contributed by atoms with Gasteiger partial charge in [0.1, 0.15) is 18.2 Å². The van der Waals surface area contributed by atoms with Gasteiger partial charge < -0.3 is 21.3 Å². The molecule has 0 spiro atoms. The van der Waals surface area contributed by atoms with Gasteiger partial charge in [-0.15, -0.1) is 0 Å². The summed E-state index contributed by atoms with van der Waals surface area (Å²) in [5, 5.41) is 9.47. The third kappa shape index (κ3) is 5.31. The number of nitrogens with zero attached hydrogens (tertiary/aromatic N) is 2. The van der Waals surface area contributed by atoms with Crippen molar-refractivity contribution >= 4 is 32.5 Å². The molecule has 0 saturated heterocycles. The number of benzene rings is 1. The standard InChI is InChI=1S/C13H12N4OS.C6H12O/c14-12-5-8(3-4-16-12)7-18-9-1-2-10-11(6-9)19-13(15)17-10;7-6-4-2-1-3-5-6/h1-6H,7H2,(H2,14,16)(H2,15,17);6-7H,1-5H2. The van der Waals surface area contributed by atoms with Crippen molar-refractivity contribution < 1.29 is 9.84 Å². The molecule has 0 amide bonds. The third-order valence-electron chi connectivity index (χ3n) is 4.20. The first-order valence-corrected chi connectivity index (χ1v) is 9.59. The van der Waals surface area contributed by atoms with Crippen LogP contribution in [0.1, 0.15) is 37.7 Å². The van der Waals surface area contributed by atoms with Gasteiger partial charge in [-0.3, -0.25) is 0 Å². The molecule has 1 aliphatic carbocycles. The van der Waals surface area contributed by atoms with Crippen LogP contribution < -0.4 is 16.2 Å². The summed E-state index contributed by atoms with van der Waals surface area (Å²) >= 11 is 1.45. The fourth-order valence-corrected chi connectivity index (χ4v) is 3.61. The lowest BCUT2D eigenvalue weighted by Crippen LogP contribution is -2.09. The second-order valence-corrected chi connectivity index (χ2v) is 7.41. The van der Waals surface area contributed by atoms with Crippen LogP contribution in [0, 0.1) is 0 Å². The van der Waals surface area contributed by atoms with Crippen molar-refractivity contribution in [2.75, 3.05) is 11.5 Å². The first-order valence-electron chi connectivity index (χ1n) is 8.77. The van der Waals surface area contributed by atoms with Gasteiger partial charge in [0.05, 0.1) is 16.3 Å². The summed E-state index contributed by atoms with van der Waals surface area (Å²) in [6, 6.07) is 9.39. The SMILES string of the molecule is Nc1cc(COc2ccc3nc(N)sc3c2)ccn1.OC1CCCCC1. The van der Waals surface area contributed by atoms with Crippen molar-refractivity contribution in [1.29, 1.82) is 0 Å². The maximum atomic E-state index is 8.91. The number of aliphatic hydroxyl groups is 1. The van der Waals surface area contributed by atoms with E-state index in [1.807, 2.05) is 24.3 Å². The second kappa shape index (κ2) is 8.82. The first-order chi connectivity index (χ1) is 12.6. The highest BCUT2D eigenvalue weighted by Gasteiger charge is 2.07. The van der Waals surface area contributed by atoms with Crippen LogP contribution in [0.25, 0.3) is 10.2 Å². The maximum absolute atomic E-state index is 8.91. The predicted molar refractivity (Wildman–Crippen MR) is 106 cm³/mol. The smallest absolute Gasteiger partial charge is 0.181 e. The van der Waals surface area contributed by atoms with Gasteiger partial charge in [0.25, 0.3) is 0 Å². The number of hydrogen-bond acceptors (Lipinski definition) is 7. The quantitative estimate of drug-likeness (QED) is 0.646. The summed E-state index contributed by atoms with van der Waals surface area (Å²) < 4.78 is 6.74. The maximum Gasteiger partial charge on any atom is 0.181 e. The third-order valence-corrected chi connectivity index (χ3v) is 5.05. The Morgan fingerprint density at radius 2 is 1.92 bits per heavy atom. The van der Waals surface area contributed by atoms with E-state index in [9.17, 15) is 0 Å². The van der Waals surface area contributed by atoms with E-state index in [-0.39, 0.29) is 6.10 Å². The molecule has 0 atom stereocenters. The molecule has 0 radical (unpaired) electrons. The van der Waals surface area contributed by atoms with Crippen molar-refractivity contribution in [3.8, 4) is 5.75 Å². The van der Waals surface area contributed by atoms with Gasteiger partial charge in [-0.05, 0) is 48.7 Å². The minimum atomic E-state index is 0.0359. The average Bonchev–Trinajstić information content (AvgIpc) is 3.00. The fraction of sp³-hybridized carbons (Fsp3) is 0.368. The lowest BCUT2D eigenvalue weighted by molar-refractivity contribution is 0.130. The molecule has 1 saturated carbocycles. The van der Waals surface area contributed by atoms with E-state index >= 15 is 0 Å². The van der Waals surface area contributed by atoms with E-state index in [1.165, 1.54) is 30.6 Å². The number of thiazole rings is 1. The zero-order chi connectivity index (χ0) is 18.4. The summed E-state index contributed by atoms with van der Waals surface area (Å²) in [6.07, 6.45) is 7.59. The minimum Gasteiger partial charge on any atom is -0.489 e. The van der Waals surface area contributed by atoms with E-state index < -0.39 is 0 Å². The topological polar surface area (TPSA) is 107 Å². The van der Waals surface area contributed by atoms with Crippen molar-refractivity contribution in [3.05, 3.63) is 42.1 Å². The number of rotatable bonds is 3. The second-order valence-electron chi connectivity index (χ2n) is 6.35. The van der Waals surface area contributed by atoms with E-state index in [0.717, 1.165) is 34.4 Å². The Morgan fingerprint density at radius 1 is 1.12 bits per heavy atom. The monoisotopic (exact) mass is 372 g/mol. The van der Waals surface area contributed by atoms with Crippen molar-refractivity contribution in [2.45, 2.75) is 44.8 Å². The van der Waals surface area contributed by atoms with Crippen LogP contribution in [0.3, 0.4) is 0 Å². The number of anilines is 2. The highest BCUT2D eigenvalue weighted by molar-refractivity contribution is 7.22. The number of fused-ring (bicyclic) bond motifs is 1. The van der Waals surface area contributed by atoms with Crippen LogP contribution >= 0.6 is 11.3 Å². The molecule has 0 aliphatic heterocycles.